The van der Waals surface area contributed by atoms with Crippen molar-refractivity contribution in [2.75, 3.05) is 14.2 Å². The van der Waals surface area contributed by atoms with E-state index in [1.807, 2.05) is 42.6 Å². The molecule has 24 heavy (non-hydrogen) atoms. The molecule has 2 N–H and O–H groups in total. The Hall–Kier alpha value is -3.21. The molecule has 0 spiro atoms. The zero-order valence-corrected chi connectivity index (χ0v) is 13.5. The number of methoxy groups -OCH3 is 2. The van der Waals surface area contributed by atoms with Gasteiger partial charge in [0.25, 0.3) is 0 Å². The first-order valence-corrected chi connectivity index (χ1v) is 7.64. The second-order valence-corrected chi connectivity index (χ2v) is 5.47. The number of hydrogen-bond acceptors (Lipinski definition) is 3. The fraction of sp³-hybridized carbons (Fsp3) is 0.105. The van der Waals surface area contributed by atoms with Crippen molar-refractivity contribution in [2.24, 2.45) is 4.99 Å². The standard InChI is InChI=1S/C19H17N3O2/c1-23-18-7-8-20-16(18)10-17-19(24-2)11-15(22-17)14-9-12-5-3-4-6-13(12)21-14/h3-11,20,22H,1-2H3/b15-14?,17-10-. The van der Waals surface area contributed by atoms with Crippen molar-refractivity contribution >= 4 is 17.8 Å². The number of nitrogens with one attached hydrogen (secondary N) is 2. The van der Waals surface area contributed by atoms with Crippen LogP contribution in [0.1, 0.15) is 5.69 Å². The van der Waals surface area contributed by atoms with Crippen LogP contribution in [0.3, 0.4) is 0 Å². The zero-order valence-electron chi connectivity index (χ0n) is 13.5. The van der Waals surface area contributed by atoms with E-state index in [2.05, 4.69) is 27.1 Å². The minimum absolute atomic E-state index is 0.758. The van der Waals surface area contributed by atoms with Crippen molar-refractivity contribution in [1.82, 2.24) is 9.97 Å². The van der Waals surface area contributed by atoms with Crippen LogP contribution in [-0.4, -0.2) is 24.2 Å². The second-order valence-electron chi connectivity index (χ2n) is 5.47. The molecule has 0 unspecified atom stereocenters. The molecule has 0 saturated carbocycles. The molecule has 4 rings (SSSR count). The number of aromatic nitrogens is 2. The molecule has 3 heterocycles. The van der Waals surface area contributed by atoms with E-state index in [9.17, 15) is 0 Å². The van der Waals surface area contributed by atoms with E-state index in [1.54, 1.807) is 14.2 Å². The van der Waals surface area contributed by atoms with Gasteiger partial charge in [-0.15, -0.1) is 0 Å². The fourth-order valence-electron chi connectivity index (χ4n) is 2.83. The van der Waals surface area contributed by atoms with Crippen LogP contribution in [0.5, 0.6) is 11.5 Å². The monoisotopic (exact) mass is 319 g/mol. The Bertz CT molecular complexity index is 1100. The summed E-state index contributed by atoms with van der Waals surface area (Å²) >= 11 is 0. The summed E-state index contributed by atoms with van der Waals surface area (Å²) < 4.78 is 10.8. The van der Waals surface area contributed by atoms with Crippen molar-refractivity contribution < 1.29 is 9.47 Å². The van der Waals surface area contributed by atoms with Gasteiger partial charge in [-0.05, 0) is 24.3 Å². The van der Waals surface area contributed by atoms with Crippen LogP contribution in [0.15, 0.2) is 47.6 Å². The Morgan fingerprint density at radius 1 is 1.04 bits per heavy atom. The third-order valence-electron chi connectivity index (χ3n) is 4.02. The summed E-state index contributed by atoms with van der Waals surface area (Å²) in [5, 5.41) is 3.88. The van der Waals surface area contributed by atoms with Crippen LogP contribution in [0.25, 0.3) is 17.8 Å². The highest BCUT2D eigenvalue weighted by Crippen LogP contribution is 2.16. The van der Waals surface area contributed by atoms with Crippen molar-refractivity contribution in [3.8, 4) is 11.5 Å². The van der Waals surface area contributed by atoms with Crippen molar-refractivity contribution in [1.29, 1.82) is 0 Å². The smallest absolute Gasteiger partial charge is 0.144 e. The van der Waals surface area contributed by atoms with Crippen LogP contribution in [0, 0.1) is 0 Å². The number of hydrogen-bond donors (Lipinski definition) is 2. The highest BCUT2D eigenvalue weighted by molar-refractivity contribution is 5.76. The summed E-state index contributed by atoms with van der Waals surface area (Å²) in [6.07, 6.45) is 5.87. The lowest BCUT2D eigenvalue weighted by Gasteiger charge is -1.97. The molecule has 0 atom stereocenters. The average molecular weight is 319 g/mol. The van der Waals surface area contributed by atoms with Gasteiger partial charge in [0.1, 0.15) is 11.5 Å². The summed E-state index contributed by atoms with van der Waals surface area (Å²) in [4.78, 5) is 11.2. The van der Waals surface area contributed by atoms with Gasteiger partial charge in [-0.1, -0.05) is 18.2 Å². The normalized spacial score (nSPS) is 15.7. The van der Waals surface area contributed by atoms with E-state index < -0.39 is 0 Å². The highest BCUT2D eigenvalue weighted by atomic mass is 16.5. The highest BCUT2D eigenvalue weighted by Gasteiger charge is 2.07. The predicted molar refractivity (Wildman–Crippen MR) is 92.6 cm³/mol. The molecule has 1 aliphatic heterocycles. The molecular formula is C19H17N3O2. The van der Waals surface area contributed by atoms with Gasteiger partial charge < -0.3 is 19.4 Å². The minimum Gasteiger partial charge on any atom is -0.495 e. The van der Waals surface area contributed by atoms with Crippen LogP contribution in [0.4, 0.5) is 0 Å². The lowest BCUT2D eigenvalue weighted by molar-refractivity contribution is 0.411. The third-order valence-corrected chi connectivity index (χ3v) is 4.02. The number of rotatable bonds is 3. The van der Waals surface area contributed by atoms with Crippen molar-refractivity contribution in [2.45, 2.75) is 0 Å². The molecule has 1 aliphatic rings. The quantitative estimate of drug-likeness (QED) is 0.734. The summed E-state index contributed by atoms with van der Waals surface area (Å²) in [6, 6.07) is 11.9. The van der Waals surface area contributed by atoms with Gasteiger partial charge in [0.15, 0.2) is 0 Å². The van der Waals surface area contributed by atoms with Crippen LogP contribution in [0.2, 0.25) is 0 Å². The molecule has 5 heteroatoms. The number of benzene rings is 1. The van der Waals surface area contributed by atoms with Crippen molar-refractivity contribution in [3.05, 3.63) is 69.6 Å². The molecule has 5 nitrogen and oxygen atoms in total. The average Bonchev–Trinajstić information content (AvgIpc) is 3.32. The fourth-order valence-corrected chi connectivity index (χ4v) is 2.83. The first kappa shape index (κ1) is 14.4. The topological polar surface area (TPSA) is 62.4 Å². The number of fused-ring (bicyclic) bond motifs is 1. The first-order valence-electron chi connectivity index (χ1n) is 7.64. The molecule has 0 amide bonds. The van der Waals surface area contributed by atoms with E-state index in [1.165, 1.54) is 0 Å². The Morgan fingerprint density at radius 3 is 2.67 bits per heavy atom. The second kappa shape index (κ2) is 5.77. The molecule has 1 aromatic carbocycles. The molecule has 0 aliphatic carbocycles. The number of H-pyrrole nitrogens is 2. The lowest BCUT2D eigenvalue weighted by atomic mass is 10.3. The van der Waals surface area contributed by atoms with Gasteiger partial charge >= 0.3 is 0 Å². The SMILES string of the molecule is COc1cc[nH]c1/C=c1\[nH]c(=C2C=c3ccccc3=N2)cc1OC. The van der Waals surface area contributed by atoms with Gasteiger partial charge in [-0.25, -0.2) is 4.99 Å². The number of para-hydroxylation sites is 1. The largest absolute Gasteiger partial charge is 0.495 e. The molecular weight excluding hydrogens is 302 g/mol. The van der Waals surface area contributed by atoms with Crippen LogP contribution < -0.4 is 30.7 Å². The third kappa shape index (κ3) is 2.40. The summed E-state index contributed by atoms with van der Waals surface area (Å²) in [7, 11) is 3.31. The Morgan fingerprint density at radius 2 is 1.88 bits per heavy atom. The van der Waals surface area contributed by atoms with Crippen LogP contribution in [-0.2, 0) is 0 Å². The van der Waals surface area contributed by atoms with Gasteiger partial charge in [0, 0.05) is 17.5 Å². The van der Waals surface area contributed by atoms with Gasteiger partial charge in [-0.2, -0.15) is 0 Å². The molecule has 0 fully saturated rings. The molecule has 0 saturated heterocycles. The number of nitrogens with zero attached hydrogens (tertiary/aromatic N) is 1. The molecule has 3 aromatic rings. The maximum Gasteiger partial charge on any atom is 0.144 e. The lowest BCUT2D eigenvalue weighted by Crippen LogP contribution is -2.19. The van der Waals surface area contributed by atoms with E-state index in [0.29, 0.717) is 0 Å². The van der Waals surface area contributed by atoms with Gasteiger partial charge in [0.2, 0.25) is 0 Å². The van der Waals surface area contributed by atoms with Crippen molar-refractivity contribution in [3.63, 3.8) is 0 Å². The summed E-state index contributed by atoms with van der Waals surface area (Å²) in [5.41, 5.74) is 1.78. The van der Waals surface area contributed by atoms with E-state index in [-0.39, 0.29) is 0 Å². The summed E-state index contributed by atoms with van der Waals surface area (Å²) in [6.45, 7) is 0. The first-order chi connectivity index (χ1) is 11.8. The maximum absolute atomic E-state index is 5.50. The maximum atomic E-state index is 5.50. The molecule has 2 aromatic heterocycles. The number of ether oxygens (including phenoxy) is 2. The van der Waals surface area contributed by atoms with E-state index in [0.717, 1.165) is 44.2 Å². The van der Waals surface area contributed by atoms with E-state index >= 15 is 0 Å². The van der Waals surface area contributed by atoms with Crippen LogP contribution >= 0.6 is 0 Å². The molecule has 120 valence electrons. The minimum atomic E-state index is 0.758. The number of aromatic amines is 2. The van der Waals surface area contributed by atoms with E-state index in [4.69, 9.17) is 9.47 Å². The zero-order chi connectivity index (χ0) is 16.5. The Balaban J connectivity index is 1.91. The predicted octanol–water partition coefficient (Wildman–Crippen LogP) is 0.411. The Labute approximate surface area is 138 Å². The molecule has 0 radical (unpaired) electrons. The van der Waals surface area contributed by atoms with Gasteiger partial charge in [-0.3, -0.25) is 0 Å². The summed E-state index contributed by atoms with van der Waals surface area (Å²) in [5.74, 6) is 1.54. The molecule has 0 bridgehead atoms. The van der Waals surface area contributed by atoms with Gasteiger partial charge in [0.05, 0.1) is 41.7 Å². The Kier molecular flexibility index (Phi) is 3.46.